The highest BCUT2D eigenvalue weighted by atomic mass is 35.5. The number of pyridine rings is 1. The summed E-state index contributed by atoms with van der Waals surface area (Å²) >= 11 is 0. The van der Waals surface area contributed by atoms with Gasteiger partial charge in [0.05, 0.1) is 12.5 Å². The zero-order valence-corrected chi connectivity index (χ0v) is 19.9. The second-order valence-corrected chi connectivity index (χ2v) is 8.27. The monoisotopic (exact) mass is 457 g/mol. The van der Waals surface area contributed by atoms with E-state index in [1.165, 1.54) is 0 Å². The van der Waals surface area contributed by atoms with Crippen LogP contribution in [0.5, 0.6) is 5.88 Å². The number of carbonyl (C=O) groups is 1. The molecule has 2 aromatic rings. The van der Waals surface area contributed by atoms with Crippen molar-refractivity contribution in [3.8, 4) is 5.88 Å². The van der Waals surface area contributed by atoms with E-state index in [9.17, 15) is 4.79 Å². The van der Waals surface area contributed by atoms with Crippen molar-refractivity contribution in [2.24, 2.45) is 18.9 Å². The van der Waals surface area contributed by atoms with Crippen molar-refractivity contribution in [3.05, 3.63) is 16.8 Å². The summed E-state index contributed by atoms with van der Waals surface area (Å²) in [7, 11) is 3.51. The molecule has 2 aliphatic rings. The van der Waals surface area contributed by atoms with E-state index in [0.29, 0.717) is 18.7 Å². The van der Waals surface area contributed by atoms with E-state index < -0.39 is 0 Å². The fraction of sp³-hybridized carbons (Fsp3) is 0.667. The van der Waals surface area contributed by atoms with Gasteiger partial charge in [-0.2, -0.15) is 0 Å². The summed E-state index contributed by atoms with van der Waals surface area (Å²) in [5, 5.41) is 8.86. The second-order valence-electron chi connectivity index (χ2n) is 8.27. The van der Waals surface area contributed by atoms with Gasteiger partial charge in [-0.1, -0.05) is 0 Å². The lowest BCUT2D eigenvalue weighted by atomic mass is 9.92. The molecule has 0 bridgehead atoms. The van der Waals surface area contributed by atoms with Gasteiger partial charge in [-0.05, 0) is 69.2 Å². The number of aryl methyl sites for hydroxylation is 3. The molecular weight excluding hydrogens is 425 g/mol. The van der Waals surface area contributed by atoms with E-state index in [1.807, 2.05) is 14.0 Å². The van der Waals surface area contributed by atoms with Gasteiger partial charge in [0, 0.05) is 32.3 Å². The smallest absolute Gasteiger partial charge is 0.242 e. The highest BCUT2D eigenvalue weighted by Gasteiger charge is 2.31. The molecule has 9 heteroatoms. The Morgan fingerprint density at radius 2 is 1.80 bits per heavy atom. The number of hydrogen-bond acceptors (Lipinski definition) is 5. The molecule has 4 rings (SSSR count). The van der Waals surface area contributed by atoms with Crippen molar-refractivity contribution in [1.82, 2.24) is 25.0 Å². The third-order valence-electron chi connectivity index (χ3n) is 6.68. The van der Waals surface area contributed by atoms with Gasteiger partial charge in [-0.3, -0.25) is 4.79 Å². The highest BCUT2D eigenvalue weighted by molar-refractivity contribution is 5.86. The van der Waals surface area contributed by atoms with E-state index in [2.05, 4.69) is 22.2 Å². The molecule has 0 radical (unpaired) electrons. The summed E-state index contributed by atoms with van der Waals surface area (Å²) in [5.41, 5.74) is 4.06. The maximum absolute atomic E-state index is 12.9. The molecule has 4 heterocycles. The molecule has 1 amide bonds. The highest BCUT2D eigenvalue weighted by Crippen LogP contribution is 2.31. The van der Waals surface area contributed by atoms with Gasteiger partial charge < -0.3 is 15.0 Å². The Morgan fingerprint density at radius 1 is 1.17 bits per heavy atom. The number of halogens is 2. The van der Waals surface area contributed by atoms with Gasteiger partial charge in [-0.25, -0.2) is 9.67 Å². The predicted octanol–water partition coefficient (Wildman–Crippen LogP) is 2.83. The van der Waals surface area contributed by atoms with Crippen LogP contribution in [-0.4, -0.2) is 58.9 Å². The molecule has 0 saturated carbocycles. The third-order valence-corrected chi connectivity index (χ3v) is 6.68. The first-order valence-corrected chi connectivity index (χ1v) is 10.3. The Hall–Kier alpha value is -1.57. The van der Waals surface area contributed by atoms with Crippen LogP contribution < -0.4 is 10.1 Å². The Bertz CT molecular complexity index is 887. The zero-order valence-electron chi connectivity index (χ0n) is 18.2. The SMILES string of the molecule is COc1nn(C)c2nc(C)c(CCC(=O)N3CC[C@@H]4CNC[C@@H]4CC3)c(C)c12.Cl.Cl. The molecule has 2 aromatic heterocycles. The summed E-state index contributed by atoms with van der Waals surface area (Å²) in [4.78, 5) is 19.7. The maximum atomic E-state index is 12.9. The molecule has 168 valence electrons. The normalized spacial score (nSPS) is 20.9. The van der Waals surface area contributed by atoms with Crippen LogP contribution in [0.2, 0.25) is 0 Å². The number of aromatic nitrogens is 3. The van der Waals surface area contributed by atoms with Gasteiger partial charge in [0.1, 0.15) is 0 Å². The van der Waals surface area contributed by atoms with Crippen LogP contribution in [0, 0.1) is 25.7 Å². The van der Waals surface area contributed by atoms with Crippen molar-refractivity contribution in [3.63, 3.8) is 0 Å². The van der Waals surface area contributed by atoms with Crippen LogP contribution in [0.1, 0.15) is 36.1 Å². The van der Waals surface area contributed by atoms with Gasteiger partial charge in [-0.15, -0.1) is 29.9 Å². The van der Waals surface area contributed by atoms with E-state index in [-0.39, 0.29) is 30.7 Å². The number of methoxy groups -OCH3 is 1. The first-order valence-electron chi connectivity index (χ1n) is 10.3. The number of likely N-dealkylation sites (tertiary alicyclic amines) is 1. The lowest BCUT2D eigenvalue weighted by Gasteiger charge is -2.21. The Morgan fingerprint density at radius 3 is 2.40 bits per heavy atom. The molecule has 7 nitrogen and oxygen atoms in total. The Balaban J connectivity index is 0.00000160. The number of fused-ring (bicyclic) bond motifs is 2. The van der Waals surface area contributed by atoms with Gasteiger partial charge in [0.25, 0.3) is 0 Å². The summed E-state index contributed by atoms with van der Waals surface area (Å²) in [6.45, 7) is 8.13. The number of nitrogens with zero attached hydrogens (tertiary/aromatic N) is 4. The zero-order chi connectivity index (χ0) is 19.8. The largest absolute Gasteiger partial charge is 0.479 e. The standard InChI is InChI=1S/C21H31N5O2.2ClH/c1-13-17(14(2)23-20-19(13)21(28-4)24-25(20)3)5-6-18(27)26-9-7-15-11-22-12-16(15)8-10-26;;/h15-16,22H,5-12H2,1-4H3;2*1H/t15-,16+;;. The van der Waals surface area contributed by atoms with Gasteiger partial charge >= 0.3 is 0 Å². The quantitative estimate of drug-likeness (QED) is 0.763. The Kier molecular flexibility index (Phi) is 8.36. The molecule has 0 aliphatic carbocycles. The predicted molar refractivity (Wildman–Crippen MR) is 123 cm³/mol. The van der Waals surface area contributed by atoms with Gasteiger partial charge in [0.2, 0.25) is 11.8 Å². The van der Waals surface area contributed by atoms with Crippen LogP contribution in [0.25, 0.3) is 11.0 Å². The number of carbonyl (C=O) groups excluding carboxylic acids is 1. The second kappa shape index (κ2) is 10.2. The molecular formula is C21H33Cl2N5O2. The molecule has 30 heavy (non-hydrogen) atoms. The molecule has 0 aromatic carbocycles. The maximum Gasteiger partial charge on any atom is 0.242 e. The fourth-order valence-corrected chi connectivity index (χ4v) is 4.96. The van der Waals surface area contributed by atoms with E-state index >= 15 is 0 Å². The number of nitrogens with one attached hydrogen (secondary N) is 1. The Labute approximate surface area is 190 Å². The molecule has 1 N–H and O–H groups in total. The van der Waals surface area contributed by atoms with Gasteiger partial charge in [0.15, 0.2) is 5.65 Å². The minimum atomic E-state index is 0. The number of ether oxygens (including phenoxy) is 1. The van der Waals surface area contributed by atoms with Crippen LogP contribution in [-0.2, 0) is 18.3 Å². The lowest BCUT2D eigenvalue weighted by molar-refractivity contribution is -0.131. The van der Waals surface area contributed by atoms with Crippen molar-refractivity contribution >= 4 is 41.8 Å². The molecule has 2 atom stereocenters. The number of hydrogen-bond donors (Lipinski definition) is 1. The van der Waals surface area contributed by atoms with Crippen molar-refractivity contribution in [2.75, 3.05) is 33.3 Å². The topological polar surface area (TPSA) is 72.3 Å². The van der Waals surface area contributed by atoms with Crippen molar-refractivity contribution in [2.45, 2.75) is 39.5 Å². The summed E-state index contributed by atoms with van der Waals surface area (Å²) in [6, 6.07) is 0. The van der Waals surface area contributed by atoms with Crippen LogP contribution >= 0.6 is 24.8 Å². The van der Waals surface area contributed by atoms with Crippen LogP contribution in [0.3, 0.4) is 0 Å². The summed E-state index contributed by atoms with van der Waals surface area (Å²) in [6.07, 6.45) is 3.50. The van der Waals surface area contributed by atoms with E-state index in [0.717, 1.165) is 78.7 Å². The van der Waals surface area contributed by atoms with Crippen molar-refractivity contribution in [1.29, 1.82) is 0 Å². The number of amides is 1. The lowest BCUT2D eigenvalue weighted by Crippen LogP contribution is -2.33. The minimum absolute atomic E-state index is 0. The van der Waals surface area contributed by atoms with E-state index in [1.54, 1.807) is 11.8 Å². The minimum Gasteiger partial charge on any atom is -0.479 e. The first kappa shape index (κ1) is 24.7. The first-order chi connectivity index (χ1) is 13.5. The average molecular weight is 458 g/mol. The molecule has 2 aliphatic heterocycles. The third kappa shape index (κ3) is 4.53. The average Bonchev–Trinajstić information content (AvgIpc) is 3.19. The number of rotatable bonds is 4. The molecule has 0 unspecified atom stereocenters. The fourth-order valence-electron chi connectivity index (χ4n) is 4.96. The molecule has 0 spiro atoms. The molecule has 2 fully saturated rings. The van der Waals surface area contributed by atoms with Crippen LogP contribution in [0.15, 0.2) is 0 Å². The summed E-state index contributed by atoms with van der Waals surface area (Å²) in [5.74, 6) is 2.35. The van der Waals surface area contributed by atoms with Crippen molar-refractivity contribution < 1.29 is 9.53 Å². The molecule has 2 saturated heterocycles. The van der Waals surface area contributed by atoms with Crippen LogP contribution in [0.4, 0.5) is 0 Å². The van der Waals surface area contributed by atoms with E-state index in [4.69, 9.17) is 9.72 Å². The summed E-state index contributed by atoms with van der Waals surface area (Å²) < 4.78 is 7.20.